The molecule has 0 saturated carbocycles. The van der Waals surface area contributed by atoms with Gasteiger partial charge in [-0.3, -0.25) is 0 Å². The van der Waals surface area contributed by atoms with Crippen molar-refractivity contribution in [1.29, 1.82) is 0 Å². The zero-order valence-corrected chi connectivity index (χ0v) is 15.3. The summed E-state index contributed by atoms with van der Waals surface area (Å²) in [6, 6.07) is 8.17. The van der Waals surface area contributed by atoms with E-state index in [4.69, 9.17) is 10.5 Å². The fraction of sp³-hybridized carbons (Fsp3) is 0.286. The molecule has 0 aliphatic rings. The van der Waals surface area contributed by atoms with Gasteiger partial charge >= 0.3 is 0 Å². The standard InChI is InChI=1S/C14H17IOSi2/c1-6-17(2,3)16-18(4,5)12-11-13-7-9-14(15)10-8-13/h1,7-10H,2-5H3. The summed E-state index contributed by atoms with van der Waals surface area (Å²) in [6.07, 6.45) is 5.50. The van der Waals surface area contributed by atoms with Crippen LogP contribution in [0.15, 0.2) is 24.3 Å². The van der Waals surface area contributed by atoms with E-state index in [1.165, 1.54) is 3.57 Å². The van der Waals surface area contributed by atoms with E-state index in [2.05, 4.69) is 64.8 Å². The highest BCUT2D eigenvalue weighted by atomic mass is 127. The number of hydrogen-bond donors (Lipinski definition) is 0. The van der Waals surface area contributed by atoms with Crippen LogP contribution in [0.1, 0.15) is 5.56 Å². The number of hydrogen-bond acceptors (Lipinski definition) is 1. The summed E-state index contributed by atoms with van der Waals surface area (Å²) in [5.74, 6) is 3.20. The monoisotopic (exact) mass is 384 g/mol. The summed E-state index contributed by atoms with van der Waals surface area (Å²) in [7, 11) is -3.97. The minimum Gasteiger partial charge on any atom is -0.438 e. The molecule has 1 aromatic carbocycles. The van der Waals surface area contributed by atoms with E-state index >= 15 is 0 Å². The molecule has 18 heavy (non-hydrogen) atoms. The molecule has 0 aliphatic heterocycles. The van der Waals surface area contributed by atoms with Crippen LogP contribution in [-0.4, -0.2) is 16.6 Å². The van der Waals surface area contributed by atoms with Crippen molar-refractivity contribution in [2.24, 2.45) is 0 Å². The van der Waals surface area contributed by atoms with Crippen molar-refractivity contribution in [3.05, 3.63) is 33.4 Å². The lowest BCUT2D eigenvalue weighted by molar-refractivity contribution is 0.576. The second-order valence-electron chi connectivity index (χ2n) is 5.02. The van der Waals surface area contributed by atoms with E-state index in [-0.39, 0.29) is 0 Å². The van der Waals surface area contributed by atoms with Crippen molar-refractivity contribution in [3.63, 3.8) is 0 Å². The van der Waals surface area contributed by atoms with Crippen LogP contribution < -0.4 is 0 Å². The van der Waals surface area contributed by atoms with Crippen LogP contribution in [0.25, 0.3) is 0 Å². The van der Waals surface area contributed by atoms with Crippen molar-refractivity contribution in [2.75, 3.05) is 0 Å². The minimum absolute atomic E-state index is 1.03. The van der Waals surface area contributed by atoms with Gasteiger partial charge in [-0.1, -0.05) is 11.5 Å². The molecule has 4 heteroatoms. The number of halogens is 1. The van der Waals surface area contributed by atoms with Gasteiger partial charge in [0.15, 0.2) is 0 Å². The molecule has 0 saturated heterocycles. The molecule has 94 valence electrons. The average Bonchev–Trinajstić information content (AvgIpc) is 2.27. The Morgan fingerprint density at radius 1 is 1.06 bits per heavy atom. The summed E-state index contributed by atoms with van der Waals surface area (Å²) in [5.41, 5.74) is 7.10. The first-order valence-electron chi connectivity index (χ1n) is 5.71. The molecular weight excluding hydrogens is 367 g/mol. The van der Waals surface area contributed by atoms with Crippen LogP contribution in [0.4, 0.5) is 0 Å². The molecule has 0 aromatic heterocycles. The van der Waals surface area contributed by atoms with E-state index in [0.717, 1.165) is 5.56 Å². The fourth-order valence-electron chi connectivity index (χ4n) is 1.45. The zero-order chi connectivity index (χ0) is 13.8. The SMILES string of the molecule is C#C[Si](C)(C)O[Si](C)(C)C#Cc1ccc(I)cc1. The summed E-state index contributed by atoms with van der Waals surface area (Å²) in [4.78, 5) is 0. The van der Waals surface area contributed by atoms with Crippen LogP contribution in [0.5, 0.6) is 0 Å². The number of terminal acetylenes is 1. The average molecular weight is 384 g/mol. The molecule has 1 nitrogen and oxygen atoms in total. The molecule has 0 radical (unpaired) electrons. The second-order valence-corrected chi connectivity index (χ2v) is 13.7. The second kappa shape index (κ2) is 6.07. The molecule has 0 fully saturated rings. The molecular formula is C14H17IOSi2. The first-order chi connectivity index (χ1) is 8.24. The highest BCUT2D eigenvalue weighted by molar-refractivity contribution is 14.1. The van der Waals surface area contributed by atoms with Gasteiger partial charge in [-0.25, -0.2) is 0 Å². The maximum atomic E-state index is 6.09. The Morgan fingerprint density at radius 2 is 1.61 bits per heavy atom. The van der Waals surface area contributed by atoms with Crippen molar-refractivity contribution >= 4 is 39.2 Å². The van der Waals surface area contributed by atoms with Gasteiger partial charge in [-0.05, 0) is 73.0 Å². The summed E-state index contributed by atoms with van der Waals surface area (Å²) >= 11 is 2.28. The fourth-order valence-corrected chi connectivity index (χ4v) is 7.80. The predicted octanol–water partition coefficient (Wildman–Crippen LogP) is 3.78. The highest BCUT2D eigenvalue weighted by Gasteiger charge is 2.30. The van der Waals surface area contributed by atoms with E-state index in [9.17, 15) is 0 Å². The lowest BCUT2D eigenvalue weighted by atomic mass is 10.2. The predicted molar refractivity (Wildman–Crippen MR) is 90.9 cm³/mol. The molecule has 1 rings (SSSR count). The highest BCUT2D eigenvalue weighted by Crippen LogP contribution is 2.13. The Morgan fingerprint density at radius 3 is 2.11 bits per heavy atom. The molecule has 0 spiro atoms. The zero-order valence-electron chi connectivity index (χ0n) is 11.2. The third-order valence-corrected chi connectivity index (χ3v) is 8.43. The topological polar surface area (TPSA) is 9.23 Å². The van der Waals surface area contributed by atoms with Gasteiger partial charge in [0.2, 0.25) is 0 Å². The maximum Gasteiger partial charge on any atom is 0.256 e. The van der Waals surface area contributed by atoms with Gasteiger partial charge < -0.3 is 4.12 Å². The smallest absolute Gasteiger partial charge is 0.256 e. The van der Waals surface area contributed by atoms with Gasteiger partial charge in [0.05, 0.1) is 0 Å². The molecule has 0 unspecified atom stereocenters. The lowest BCUT2D eigenvalue weighted by Gasteiger charge is -2.25. The summed E-state index contributed by atoms with van der Waals surface area (Å²) < 4.78 is 7.30. The quantitative estimate of drug-likeness (QED) is 0.428. The van der Waals surface area contributed by atoms with Gasteiger partial charge in [-0.15, -0.1) is 12.0 Å². The third kappa shape index (κ3) is 5.41. The molecule has 1 aromatic rings. The Bertz CT molecular complexity index is 515. The lowest BCUT2D eigenvalue weighted by Crippen LogP contribution is -2.42. The largest absolute Gasteiger partial charge is 0.438 e. The normalized spacial score (nSPS) is 11.3. The number of rotatable bonds is 2. The summed E-state index contributed by atoms with van der Waals surface area (Å²) in [5, 5.41) is 0. The first kappa shape index (κ1) is 15.5. The van der Waals surface area contributed by atoms with Crippen molar-refractivity contribution in [1.82, 2.24) is 0 Å². The van der Waals surface area contributed by atoms with Crippen molar-refractivity contribution < 1.29 is 4.12 Å². The maximum absolute atomic E-state index is 6.09. The first-order valence-corrected chi connectivity index (χ1v) is 12.6. The van der Waals surface area contributed by atoms with Gasteiger partial charge in [0.1, 0.15) is 0 Å². The molecule has 0 N–H and O–H groups in total. The Balaban J connectivity index is 2.84. The van der Waals surface area contributed by atoms with Crippen LogP contribution >= 0.6 is 22.6 Å². The van der Waals surface area contributed by atoms with Gasteiger partial charge in [0, 0.05) is 9.13 Å². The van der Waals surface area contributed by atoms with E-state index in [1.807, 2.05) is 25.2 Å². The third-order valence-electron chi connectivity index (χ3n) is 2.21. The van der Waals surface area contributed by atoms with Crippen LogP contribution in [-0.2, 0) is 4.12 Å². The molecule has 0 atom stereocenters. The Labute approximate surface area is 126 Å². The molecule has 0 amide bonds. The number of benzene rings is 1. The summed E-state index contributed by atoms with van der Waals surface area (Å²) in [6.45, 7) is 8.26. The Kier molecular flexibility index (Phi) is 5.24. The van der Waals surface area contributed by atoms with E-state index in [1.54, 1.807) is 0 Å². The van der Waals surface area contributed by atoms with Crippen molar-refractivity contribution in [2.45, 2.75) is 26.2 Å². The van der Waals surface area contributed by atoms with Crippen LogP contribution in [0, 0.1) is 27.0 Å². The Hall–Kier alpha value is -0.536. The van der Waals surface area contributed by atoms with E-state index in [0.29, 0.717) is 0 Å². The van der Waals surface area contributed by atoms with Gasteiger partial charge in [0.25, 0.3) is 16.6 Å². The minimum atomic E-state index is -2.00. The molecule has 0 bridgehead atoms. The van der Waals surface area contributed by atoms with Gasteiger partial charge in [-0.2, -0.15) is 0 Å². The van der Waals surface area contributed by atoms with Crippen LogP contribution in [0.3, 0.4) is 0 Å². The van der Waals surface area contributed by atoms with Crippen LogP contribution in [0.2, 0.25) is 26.2 Å². The molecule has 0 heterocycles. The van der Waals surface area contributed by atoms with E-state index < -0.39 is 16.6 Å². The molecule has 0 aliphatic carbocycles. The van der Waals surface area contributed by atoms with Crippen molar-refractivity contribution in [3.8, 4) is 23.4 Å².